The van der Waals surface area contributed by atoms with Crippen LogP contribution < -0.4 is 45.2 Å². The van der Waals surface area contributed by atoms with Gasteiger partial charge in [0.15, 0.2) is 15.1 Å². The number of fused-ring (bicyclic) bond motifs is 12. The van der Waals surface area contributed by atoms with Gasteiger partial charge in [0.2, 0.25) is 5.95 Å². The molecule has 6 atom stereocenters. The van der Waals surface area contributed by atoms with Crippen LogP contribution in [0, 0.1) is 23.7 Å². The summed E-state index contributed by atoms with van der Waals surface area (Å²) in [5, 5.41) is 12.8. The highest BCUT2D eigenvalue weighted by Crippen LogP contribution is 2.45. The van der Waals surface area contributed by atoms with Gasteiger partial charge < -0.3 is 31.1 Å². The molecule has 14 rings (SSSR count). The smallest absolute Gasteiger partial charge is 0.281 e. The fraction of sp³-hybridized carbons (Fsp3) is 0.455. The van der Waals surface area contributed by atoms with Crippen LogP contribution in [0.3, 0.4) is 0 Å². The van der Waals surface area contributed by atoms with Crippen LogP contribution >= 0.6 is 47.8 Å². The first kappa shape index (κ1) is 93.6. The lowest BCUT2D eigenvalue weighted by Crippen LogP contribution is -2.41. The molecule has 5 aliphatic heterocycles. The van der Waals surface area contributed by atoms with E-state index in [-0.39, 0.29) is 79.2 Å². The van der Waals surface area contributed by atoms with Crippen molar-refractivity contribution in [1.29, 1.82) is 0 Å². The van der Waals surface area contributed by atoms with Gasteiger partial charge in [-0.15, -0.1) is 0 Å². The van der Waals surface area contributed by atoms with Gasteiger partial charge in [0.05, 0.1) is 51.9 Å². The van der Waals surface area contributed by atoms with Crippen LogP contribution in [0.25, 0.3) is 0 Å². The maximum Gasteiger partial charge on any atom is 0.281 e. The van der Waals surface area contributed by atoms with E-state index in [0.717, 1.165) is 102 Å². The van der Waals surface area contributed by atoms with Gasteiger partial charge in [-0.05, 0) is 281 Å². The van der Waals surface area contributed by atoms with Crippen molar-refractivity contribution >= 4 is 125 Å². The van der Waals surface area contributed by atoms with E-state index in [2.05, 4.69) is 206 Å². The van der Waals surface area contributed by atoms with Crippen molar-refractivity contribution in [3.8, 4) is 0 Å². The second-order valence-corrected chi connectivity index (χ2v) is 43.9. The summed E-state index contributed by atoms with van der Waals surface area (Å²) >= 11 is 10.4. The van der Waals surface area contributed by atoms with Crippen molar-refractivity contribution in [3.05, 3.63) is 216 Å². The van der Waals surface area contributed by atoms with Gasteiger partial charge in [-0.2, -0.15) is 29.6 Å². The van der Waals surface area contributed by atoms with E-state index < -0.39 is 64.7 Å². The van der Waals surface area contributed by atoms with E-state index in [0.29, 0.717) is 70.2 Å². The molecule has 3 saturated heterocycles. The number of hydrogen-bond acceptors (Lipinski definition) is 24. The molecule has 652 valence electrons. The molecule has 122 heavy (non-hydrogen) atoms. The Balaban J connectivity index is 0.000000178. The fourth-order valence-electron chi connectivity index (χ4n) is 16.0. The molecule has 0 spiro atoms. The topological polar surface area (TPSA) is 360 Å². The van der Waals surface area contributed by atoms with Crippen molar-refractivity contribution in [2.45, 2.75) is 235 Å². The van der Waals surface area contributed by atoms with E-state index in [1.807, 2.05) is 80.1 Å². The summed E-state index contributed by atoms with van der Waals surface area (Å²) in [4.78, 5) is 84.9. The highest BCUT2D eigenvalue weighted by Gasteiger charge is 2.45. The van der Waals surface area contributed by atoms with Crippen LogP contribution in [0.2, 0.25) is 0 Å². The first-order chi connectivity index (χ1) is 56.6. The zero-order chi connectivity index (χ0) is 87.7. The predicted molar refractivity (Wildman–Crippen MR) is 484 cm³/mol. The van der Waals surface area contributed by atoms with Crippen molar-refractivity contribution in [2.75, 3.05) is 45.4 Å². The van der Waals surface area contributed by atoms with E-state index in [4.69, 9.17) is 9.97 Å². The van der Waals surface area contributed by atoms with Crippen LogP contribution in [0.1, 0.15) is 252 Å². The molecule has 1 unspecified atom stereocenters. The highest BCUT2D eigenvalue weighted by molar-refractivity contribution is 9.11. The molecule has 34 heteroatoms. The van der Waals surface area contributed by atoms with E-state index >= 15 is 0 Å². The number of nitrogens with one attached hydrogen (secondary N) is 7. The second kappa shape index (κ2) is 37.0. The fourth-order valence-corrected chi connectivity index (χ4v) is 19.9. The first-order valence-corrected chi connectivity index (χ1v) is 47.2. The molecule has 7 N–H and O–H groups in total. The number of amides is 3. The third-order valence-corrected chi connectivity index (χ3v) is 27.3. The molecule has 3 amide bonds. The monoisotopic (exact) mass is 1910 g/mol. The maximum atomic E-state index is 14.6. The molecular formula is C88H110Br3FN18O9S3. The molecule has 8 bridgehead atoms. The van der Waals surface area contributed by atoms with Crippen LogP contribution in [0.15, 0.2) is 174 Å². The Morgan fingerprint density at radius 3 is 1.43 bits per heavy atom. The molecule has 0 aliphatic carbocycles. The van der Waals surface area contributed by atoms with Crippen LogP contribution in [-0.4, -0.2) is 124 Å². The average molecular weight is 1920 g/mol. The minimum atomic E-state index is -4.41. The molecule has 0 saturated carbocycles. The zero-order valence-electron chi connectivity index (χ0n) is 70.6. The molecule has 9 aromatic rings. The lowest BCUT2D eigenvalue weighted by atomic mass is 9.90. The Bertz CT molecular complexity index is 5500. The summed E-state index contributed by atoms with van der Waals surface area (Å²) < 4.78 is 103. The summed E-state index contributed by atoms with van der Waals surface area (Å²) in [5.74, 6) is -0.362. The van der Waals surface area contributed by atoms with Crippen molar-refractivity contribution in [3.63, 3.8) is 0 Å². The summed E-state index contributed by atoms with van der Waals surface area (Å²) in [6.45, 7) is 33.3. The number of anilines is 5. The van der Waals surface area contributed by atoms with Gasteiger partial charge in [0, 0.05) is 63.0 Å². The predicted octanol–water partition coefficient (Wildman–Crippen LogP) is 17.4. The number of carbonyl (C=O) groups excluding carboxylic acids is 3. The Morgan fingerprint density at radius 1 is 0.541 bits per heavy atom. The molecule has 14 heterocycles. The lowest BCUT2D eigenvalue weighted by molar-refractivity contribution is 0.0968. The highest BCUT2D eigenvalue weighted by atomic mass is 79.9. The van der Waals surface area contributed by atoms with Gasteiger partial charge in [-0.3, -0.25) is 14.4 Å². The molecule has 3 fully saturated rings. The molecule has 0 radical (unpaired) electrons. The summed E-state index contributed by atoms with van der Waals surface area (Å²) in [5.41, 5.74) is 3.12. The largest absolute Gasteiger partial charge is 0.362 e. The van der Waals surface area contributed by atoms with E-state index in [1.54, 1.807) is 54.6 Å². The standard InChI is InChI=1S/C29H36BrFN6O3S.2C29H35BrN6O3S.CH4/c1-28(2,3)22-15-13-19(26(31)35-22)27(38)37-41(39,40)25-11-7-10-24(36-25)34-21(20-8-6-9-23(30)33-20)14-12-18-16-29(4,5)32-17-18;2*1-28(2,3)22-15-13-19-26(33-22)36-17-18(16-29(36,4)5)12-14-21(20-8-6-9-23(30)31-20)32-24-10-7-11-25(34-24)40(38,39)35-27(19)37;/h6-11,13,15,18,21,32H,12,14,16-17H2,1-5H3,(H,34,36)(H,37,38);2*6-11,13,15,18,21H,12,14,16-17H2,1-5H3,(H,32,34)(H,35,37);1H4/t18-,21?;18-,21+;18-,21-;/m000./s1. The summed E-state index contributed by atoms with van der Waals surface area (Å²) in [6, 6.07) is 40.1. The third kappa shape index (κ3) is 23.1. The Morgan fingerprint density at radius 2 is 0.984 bits per heavy atom. The maximum absolute atomic E-state index is 14.6. The van der Waals surface area contributed by atoms with Crippen molar-refractivity contribution in [2.24, 2.45) is 17.8 Å². The number of aromatic nitrogens is 9. The number of pyridine rings is 9. The van der Waals surface area contributed by atoms with E-state index in [9.17, 15) is 44.0 Å². The number of halogens is 4. The van der Waals surface area contributed by atoms with Crippen LogP contribution in [0.5, 0.6) is 0 Å². The first-order valence-electron chi connectivity index (χ1n) is 40.4. The molecular weight excluding hydrogens is 1810 g/mol. The minimum Gasteiger partial charge on any atom is -0.362 e. The SMILES string of the molecule is C.CC(C)(C)c1ccc2c(n1)N1C[C@@H](CC[C@@H](c3cccc(Br)n3)Nc3cccc(n3)S(=O)(=O)NC2=O)CC1(C)C.CC(C)(C)c1ccc2c(n1)N1C[C@@H](CC[C@H](c3cccc(Br)n3)Nc3cccc(n3)S(=O)(=O)NC2=O)CC1(C)C.CC1(C)C[C@H](CCC(Nc2cccc(S(=O)(=O)NC(=O)c3ccc(C(C)(C)C)nc3F)n2)c2cccc(Br)n2)CN1. The zero-order valence-corrected chi connectivity index (χ0v) is 77.8. The molecule has 9 aromatic heterocycles. The van der Waals surface area contributed by atoms with Gasteiger partial charge >= 0.3 is 0 Å². The normalized spacial score (nSPS) is 20.6. The number of hydrogen-bond donors (Lipinski definition) is 7. The Hall–Kier alpha value is -9.06. The lowest BCUT2D eigenvalue weighted by Gasteiger charge is -2.34. The van der Waals surface area contributed by atoms with Gasteiger partial charge in [0.25, 0.3) is 47.8 Å². The van der Waals surface area contributed by atoms with Crippen molar-refractivity contribution in [1.82, 2.24) is 64.3 Å². The van der Waals surface area contributed by atoms with Crippen LogP contribution in [0.4, 0.5) is 33.5 Å². The number of nitrogens with zero attached hydrogens (tertiary/aromatic N) is 11. The van der Waals surface area contributed by atoms with Gasteiger partial charge in [0.1, 0.15) is 42.9 Å². The quantitative estimate of drug-likeness (QED) is 0.0591. The number of rotatable bonds is 11. The summed E-state index contributed by atoms with van der Waals surface area (Å²) in [6.07, 6.45) is 7.86. The number of sulfonamides is 3. The third-order valence-electron chi connectivity index (χ3n) is 22.3. The van der Waals surface area contributed by atoms with Crippen LogP contribution in [-0.2, 0) is 46.3 Å². The van der Waals surface area contributed by atoms with E-state index in [1.165, 1.54) is 36.4 Å². The summed E-state index contributed by atoms with van der Waals surface area (Å²) in [7, 11) is -12.9. The van der Waals surface area contributed by atoms with Gasteiger partial charge in [-0.25, -0.2) is 59.0 Å². The Labute approximate surface area is 741 Å². The minimum absolute atomic E-state index is 0. The second-order valence-electron chi connectivity index (χ2n) is 36.6. The molecule has 0 aromatic carbocycles. The van der Waals surface area contributed by atoms with Crippen molar-refractivity contribution < 1.29 is 44.0 Å². The average Bonchev–Trinajstić information content (AvgIpc) is 1.55. The molecule has 5 aliphatic rings. The Kier molecular flexibility index (Phi) is 28.4. The number of carbonyl (C=O) groups is 3. The molecule has 27 nitrogen and oxygen atoms in total. The van der Waals surface area contributed by atoms with Gasteiger partial charge in [-0.1, -0.05) is 106 Å².